The van der Waals surface area contributed by atoms with E-state index < -0.39 is 0 Å². The Morgan fingerprint density at radius 1 is 1.50 bits per heavy atom. The van der Waals surface area contributed by atoms with Gasteiger partial charge < -0.3 is 10.2 Å². The number of piperazine rings is 1. The summed E-state index contributed by atoms with van der Waals surface area (Å²) in [6.07, 6.45) is 0. The van der Waals surface area contributed by atoms with E-state index in [0.717, 1.165) is 12.3 Å². The van der Waals surface area contributed by atoms with Gasteiger partial charge in [-0.25, -0.2) is 0 Å². The van der Waals surface area contributed by atoms with Gasteiger partial charge in [-0.05, 0) is 26.1 Å². The summed E-state index contributed by atoms with van der Waals surface area (Å²) in [6.45, 7) is 5.61. The second kappa shape index (κ2) is 5.71. The van der Waals surface area contributed by atoms with Crippen molar-refractivity contribution in [2.24, 2.45) is 0 Å². The summed E-state index contributed by atoms with van der Waals surface area (Å²) in [5, 5.41) is 3.57. The highest BCUT2D eigenvalue weighted by Gasteiger charge is 2.16. The minimum absolute atomic E-state index is 0.629. The highest BCUT2D eigenvalue weighted by molar-refractivity contribution is 7.99. The molecule has 0 aromatic heterocycles. The number of nitrogens with one attached hydrogen (secondary N) is 1. The van der Waals surface area contributed by atoms with Gasteiger partial charge in [0, 0.05) is 36.3 Å². The van der Waals surface area contributed by atoms with E-state index in [0.29, 0.717) is 6.04 Å². The molecule has 0 aliphatic carbocycles. The quantitative estimate of drug-likeness (QED) is 0.808. The number of hydrogen-bond donors (Lipinski definition) is 1. The number of likely N-dealkylation sites (N-methyl/N-ethyl adjacent to an activating group) is 1. The number of hydrogen-bond acceptors (Lipinski definition) is 3. The summed E-state index contributed by atoms with van der Waals surface area (Å²) >= 11 is 1.95. The van der Waals surface area contributed by atoms with Crippen LogP contribution in [0.4, 0.5) is 0 Å². The number of aryl methyl sites for hydroxylation is 1. The molecule has 2 rings (SSSR count). The highest BCUT2D eigenvalue weighted by Crippen LogP contribution is 2.20. The van der Waals surface area contributed by atoms with E-state index in [1.165, 1.54) is 23.5 Å². The summed E-state index contributed by atoms with van der Waals surface area (Å²) in [6, 6.07) is 9.38. The van der Waals surface area contributed by atoms with Gasteiger partial charge in [-0.15, -0.1) is 11.8 Å². The van der Waals surface area contributed by atoms with Crippen LogP contribution in [0, 0.1) is 6.92 Å². The van der Waals surface area contributed by atoms with Crippen LogP contribution < -0.4 is 5.32 Å². The fraction of sp³-hybridized carbons (Fsp3) is 0.538. The van der Waals surface area contributed by atoms with Crippen LogP contribution in [-0.4, -0.2) is 43.4 Å². The minimum atomic E-state index is 0.629. The van der Waals surface area contributed by atoms with E-state index in [9.17, 15) is 0 Å². The van der Waals surface area contributed by atoms with E-state index in [1.807, 2.05) is 11.8 Å². The Morgan fingerprint density at radius 3 is 3.12 bits per heavy atom. The van der Waals surface area contributed by atoms with Crippen molar-refractivity contribution in [2.45, 2.75) is 17.9 Å². The SMILES string of the molecule is Cc1cccc(SCC2CN(C)CCN2)c1. The second-order valence-electron chi connectivity index (χ2n) is 4.54. The average molecular weight is 236 g/mol. The molecule has 0 bridgehead atoms. The summed E-state index contributed by atoms with van der Waals surface area (Å²) in [4.78, 5) is 3.79. The number of thioether (sulfide) groups is 1. The lowest BCUT2D eigenvalue weighted by atomic mass is 10.2. The Hall–Kier alpha value is -0.510. The average Bonchev–Trinajstić information content (AvgIpc) is 2.27. The van der Waals surface area contributed by atoms with Gasteiger partial charge in [-0.2, -0.15) is 0 Å². The molecule has 2 nitrogen and oxygen atoms in total. The van der Waals surface area contributed by atoms with Crippen LogP contribution in [0.15, 0.2) is 29.2 Å². The van der Waals surface area contributed by atoms with Crippen LogP contribution >= 0.6 is 11.8 Å². The molecule has 1 aliphatic rings. The van der Waals surface area contributed by atoms with Crippen molar-refractivity contribution < 1.29 is 0 Å². The number of rotatable bonds is 3. The lowest BCUT2D eigenvalue weighted by Gasteiger charge is -2.30. The molecule has 0 spiro atoms. The largest absolute Gasteiger partial charge is 0.311 e. The molecule has 0 saturated carbocycles. The van der Waals surface area contributed by atoms with Crippen molar-refractivity contribution >= 4 is 11.8 Å². The van der Waals surface area contributed by atoms with Gasteiger partial charge >= 0.3 is 0 Å². The van der Waals surface area contributed by atoms with Crippen molar-refractivity contribution in [3.63, 3.8) is 0 Å². The maximum Gasteiger partial charge on any atom is 0.0289 e. The predicted octanol–water partition coefficient (Wildman–Crippen LogP) is 1.99. The molecule has 1 aliphatic heterocycles. The van der Waals surface area contributed by atoms with Gasteiger partial charge in [0.1, 0.15) is 0 Å². The molecule has 1 heterocycles. The van der Waals surface area contributed by atoms with E-state index in [4.69, 9.17) is 0 Å². The molecule has 1 unspecified atom stereocenters. The lowest BCUT2D eigenvalue weighted by molar-refractivity contribution is 0.250. The van der Waals surface area contributed by atoms with Gasteiger partial charge in [0.25, 0.3) is 0 Å². The van der Waals surface area contributed by atoms with E-state index in [-0.39, 0.29) is 0 Å². The fourth-order valence-electron chi connectivity index (χ4n) is 2.01. The molecular weight excluding hydrogens is 216 g/mol. The smallest absolute Gasteiger partial charge is 0.0289 e. The molecule has 88 valence electrons. The van der Waals surface area contributed by atoms with Crippen LogP contribution in [0.3, 0.4) is 0 Å². The monoisotopic (exact) mass is 236 g/mol. The molecule has 0 amide bonds. The zero-order valence-electron chi connectivity index (χ0n) is 10.1. The highest BCUT2D eigenvalue weighted by atomic mass is 32.2. The van der Waals surface area contributed by atoms with Crippen LogP contribution in [-0.2, 0) is 0 Å². The second-order valence-corrected chi connectivity index (χ2v) is 5.63. The Morgan fingerprint density at radius 2 is 2.38 bits per heavy atom. The molecule has 1 atom stereocenters. The Labute approximate surface area is 102 Å². The maximum absolute atomic E-state index is 3.57. The van der Waals surface area contributed by atoms with Crippen molar-refractivity contribution in [2.75, 3.05) is 32.4 Å². The fourth-order valence-corrected chi connectivity index (χ4v) is 3.07. The Kier molecular flexibility index (Phi) is 4.27. The molecule has 1 fully saturated rings. The van der Waals surface area contributed by atoms with Crippen LogP contribution in [0.2, 0.25) is 0 Å². The van der Waals surface area contributed by atoms with Gasteiger partial charge in [0.15, 0.2) is 0 Å². The summed E-state index contributed by atoms with van der Waals surface area (Å²) in [7, 11) is 2.20. The first-order chi connectivity index (χ1) is 7.74. The lowest BCUT2D eigenvalue weighted by Crippen LogP contribution is -2.50. The van der Waals surface area contributed by atoms with Crippen LogP contribution in [0.25, 0.3) is 0 Å². The third kappa shape index (κ3) is 3.51. The van der Waals surface area contributed by atoms with E-state index in [2.05, 4.69) is 48.5 Å². The van der Waals surface area contributed by atoms with Gasteiger partial charge in [-0.1, -0.05) is 17.7 Å². The van der Waals surface area contributed by atoms with E-state index in [1.54, 1.807) is 0 Å². The first-order valence-corrected chi connectivity index (χ1v) is 6.84. The summed E-state index contributed by atoms with van der Waals surface area (Å²) in [5.41, 5.74) is 1.35. The van der Waals surface area contributed by atoms with Crippen molar-refractivity contribution in [1.82, 2.24) is 10.2 Å². The van der Waals surface area contributed by atoms with Gasteiger partial charge in [0.05, 0.1) is 0 Å². The molecule has 16 heavy (non-hydrogen) atoms. The minimum Gasteiger partial charge on any atom is -0.311 e. The zero-order chi connectivity index (χ0) is 11.4. The molecule has 0 radical (unpaired) electrons. The maximum atomic E-state index is 3.57. The van der Waals surface area contributed by atoms with Gasteiger partial charge in [0.2, 0.25) is 0 Å². The first kappa shape index (κ1) is 12.0. The van der Waals surface area contributed by atoms with Crippen LogP contribution in [0.5, 0.6) is 0 Å². The zero-order valence-corrected chi connectivity index (χ0v) is 10.9. The van der Waals surface area contributed by atoms with Gasteiger partial charge in [-0.3, -0.25) is 0 Å². The third-order valence-electron chi connectivity index (χ3n) is 2.90. The molecule has 3 heteroatoms. The standard InChI is InChI=1S/C13H20N2S/c1-11-4-3-5-13(8-11)16-10-12-9-15(2)7-6-14-12/h3-5,8,12,14H,6-7,9-10H2,1-2H3. The van der Waals surface area contributed by atoms with Crippen molar-refractivity contribution in [3.8, 4) is 0 Å². The molecule has 1 aromatic rings. The van der Waals surface area contributed by atoms with Crippen molar-refractivity contribution in [1.29, 1.82) is 0 Å². The molecule has 1 N–H and O–H groups in total. The Balaban J connectivity index is 1.82. The Bertz CT molecular complexity index is 340. The van der Waals surface area contributed by atoms with Crippen LogP contribution in [0.1, 0.15) is 5.56 Å². The summed E-state index contributed by atoms with van der Waals surface area (Å²) in [5.74, 6) is 1.16. The number of benzene rings is 1. The third-order valence-corrected chi connectivity index (χ3v) is 4.06. The van der Waals surface area contributed by atoms with E-state index >= 15 is 0 Å². The molecule has 1 aromatic carbocycles. The summed E-state index contributed by atoms with van der Waals surface area (Å²) < 4.78 is 0. The first-order valence-electron chi connectivity index (χ1n) is 5.85. The molecule has 1 saturated heterocycles. The molecular formula is C13H20N2S. The normalized spacial score (nSPS) is 22.2. The van der Waals surface area contributed by atoms with Crippen molar-refractivity contribution in [3.05, 3.63) is 29.8 Å². The predicted molar refractivity (Wildman–Crippen MR) is 71.2 cm³/mol. The number of nitrogens with zero attached hydrogens (tertiary/aromatic N) is 1. The topological polar surface area (TPSA) is 15.3 Å².